The SMILES string of the molecule is CCCCCCCCCC(N=C=O)C1CCCCCCCCC(CCCCCC)CC1. The molecule has 0 bridgehead atoms. The maximum absolute atomic E-state index is 11.2. The van der Waals surface area contributed by atoms with Crippen LogP contribution in [0.15, 0.2) is 4.99 Å². The zero-order valence-corrected chi connectivity index (χ0v) is 21.4. The zero-order chi connectivity index (χ0) is 22.4. The van der Waals surface area contributed by atoms with Gasteiger partial charge in [-0.3, -0.25) is 0 Å². The van der Waals surface area contributed by atoms with Gasteiger partial charge < -0.3 is 0 Å². The van der Waals surface area contributed by atoms with Crippen molar-refractivity contribution in [1.29, 1.82) is 0 Å². The fraction of sp³-hybridized carbons (Fsp3) is 0.966. The van der Waals surface area contributed by atoms with Crippen molar-refractivity contribution in [3.63, 3.8) is 0 Å². The summed E-state index contributed by atoms with van der Waals surface area (Å²) in [6, 6.07) is 0.233. The summed E-state index contributed by atoms with van der Waals surface area (Å²) in [6.07, 6.45) is 33.1. The van der Waals surface area contributed by atoms with Crippen LogP contribution in [0.5, 0.6) is 0 Å². The highest BCUT2D eigenvalue weighted by molar-refractivity contribution is 5.33. The number of nitrogens with zero attached hydrogens (tertiary/aromatic N) is 1. The van der Waals surface area contributed by atoms with Gasteiger partial charge in [0.1, 0.15) is 0 Å². The summed E-state index contributed by atoms with van der Waals surface area (Å²) in [5.74, 6) is 1.51. The highest BCUT2D eigenvalue weighted by Gasteiger charge is 2.22. The van der Waals surface area contributed by atoms with Crippen LogP contribution in [0.2, 0.25) is 0 Å². The average molecular weight is 434 g/mol. The van der Waals surface area contributed by atoms with E-state index >= 15 is 0 Å². The second kappa shape index (κ2) is 21.2. The van der Waals surface area contributed by atoms with Crippen LogP contribution in [-0.2, 0) is 4.79 Å². The van der Waals surface area contributed by atoms with Gasteiger partial charge in [-0.1, -0.05) is 142 Å². The molecule has 0 N–H and O–H groups in total. The topological polar surface area (TPSA) is 29.4 Å². The lowest BCUT2D eigenvalue weighted by Crippen LogP contribution is -2.20. The largest absolute Gasteiger partial charge is 0.235 e. The van der Waals surface area contributed by atoms with Gasteiger partial charge >= 0.3 is 0 Å². The fourth-order valence-corrected chi connectivity index (χ4v) is 5.60. The summed E-state index contributed by atoms with van der Waals surface area (Å²) >= 11 is 0. The molecule has 182 valence electrons. The number of unbranched alkanes of at least 4 members (excludes halogenated alkanes) is 9. The zero-order valence-electron chi connectivity index (χ0n) is 21.4. The fourth-order valence-electron chi connectivity index (χ4n) is 5.60. The van der Waals surface area contributed by atoms with Crippen LogP contribution in [-0.4, -0.2) is 12.1 Å². The lowest BCUT2D eigenvalue weighted by Gasteiger charge is -2.26. The molecule has 1 aliphatic carbocycles. The monoisotopic (exact) mass is 433 g/mol. The van der Waals surface area contributed by atoms with Crippen molar-refractivity contribution in [3.05, 3.63) is 0 Å². The normalized spacial score (nSPS) is 22.1. The van der Waals surface area contributed by atoms with Crippen molar-refractivity contribution in [2.75, 3.05) is 0 Å². The highest BCUT2D eigenvalue weighted by atomic mass is 16.1. The van der Waals surface area contributed by atoms with Gasteiger partial charge in [-0.05, 0) is 31.1 Å². The second-order valence-electron chi connectivity index (χ2n) is 10.4. The van der Waals surface area contributed by atoms with E-state index in [1.165, 1.54) is 141 Å². The predicted octanol–water partition coefficient (Wildman–Crippen LogP) is 9.95. The Hall–Kier alpha value is -0.620. The minimum absolute atomic E-state index is 0.233. The minimum atomic E-state index is 0.233. The van der Waals surface area contributed by atoms with Crippen LogP contribution in [0, 0.1) is 11.8 Å². The molecule has 0 aliphatic heterocycles. The summed E-state index contributed by atoms with van der Waals surface area (Å²) in [5.41, 5.74) is 0. The Morgan fingerprint density at radius 2 is 1.26 bits per heavy atom. The van der Waals surface area contributed by atoms with E-state index in [4.69, 9.17) is 0 Å². The van der Waals surface area contributed by atoms with Gasteiger partial charge in [-0.2, -0.15) is 0 Å². The number of aliphatic imine (C=N–C) groups is 1. The van der Waals surface area contributed by atoms with Gasteiger partial charge in [0.2, 0.25) is 6.08 Å². The van der Waals surface area contributed by atoms with E-state index in [2.05, 4.69) is 18.8 Å². The van der Waals surface area contributed by atoms with Crippen molar-refractivity contribution in [1.82, 2.24) is 0 Å². The van der Waals surface area contributed by atoms with E-state index < -0.39 is 0 Å². The minimum Gasteiger partial charge on any atom is -0.211 e. The van der Waals surface area contributed by atoms with E-state index in [0.29, 0.717) is 5.92 Å². The smallest absolute Gasteiger partial charge is 0.211 e. The van der Waals surface area contributed by atoms with E-state index in [9.17, 15) is 4.79 Å². The first-order valence-electron chi connectivity index (χ1n) is 14.4. The third kappa shape index (κ3) is 15.8. The molecular formula is C29H55NO. The van der Waals surface area contributed by atoms with Crippen LogP contribution in [0.25, 0.3) is 0 Å². The first kappa shape index (κ1) is 28.4. The molecule has 0 aromatic heterocycles. The Balaban J connectivity index is 2.55. The molecule has 3 unspecified atom stereocenters. The molecule has 2 nitrogen and oxygen atoms in total. The van der Waals surface area contributed by atoms with Gasteiger partial charge in [0.15, 0.2) is 0 Å². The lowest BCUT2D eigenvalue weighted by molar-refractivity contribution is 0.281. The van der Waals surface area contributed by atoms with Crippen LogP contribution in [0.4, 0.5) is 0 Å². The molecule has 0 spiro atoms. The molecule has 1 aliphatic rings. The van der Waals surface area contributed by atoms with Crippen molar-refractivity contribution in [3.8, 4) is 0 Å². The molecule has 0 aromatic carbocycles. The van der Waals surface area contributed by atoms with Crippen molar-refractivity contribution < 1.29 is 4.79 Å². The number of hydrogen-bond donors (Lipinski definition) is 0. The van der Waals surface area contributed by atoms with Crippen molar-refractivity contribution in [2.24, 2.45) is 16.8 Å². The van der Waals surface area contributed by atoms with Crippen molar-refractivity contribution >= 4 is 6.08 Å². The van der Waals surface area contributed by atoms with E-state index in [1.54, 1.807) is 0 Å². The molecule has 2 heteroatoms. The summed E-state index contributed by atoms with van der Waals surface area (Å²) in [7, 11) is 0. The Kier molecular flexibility index (Phi) is 19.5. The maximum atomic E-state index is 11.2. The van der Waals surface area contributed by atoms with E-state index in [-0.39, 0.29) is 6.04 Å². The molecule has 0 aromatic rings. The molecule has 3 atom stereocenters. The third-order valence-electron chi connectivity index (χ3n) is 7.72. The summed E-state index contributed by atoms with van der Waals surface area (Å²) in [5, 5.41) is 0. The standard InChI is InChI=1S/C29H55NO/c1-3-5-7-9-10-15-19-23-29(30-26-31)28-22-18-14-12-11-13-17-21-27(24-25-28)20-16-8-6-4-2/h27-29H,3-25H2,1-2H3. The first-order chi connectivity index (χ1) is 15.3. The third-order valence-corrected chi connectivity index (χ3v) is 7.72. The lowest BCUT2D eigenvalue weighted by atomic mass is 9.81. The molecule has 1 fully saturated rings. The Labute approximate surface area is 195 Å². The number of hydrogen-bond acceptors (Lipinski definition) is 2. The second-order valence-corrected chi connectivity index (χ2v) is 10.4. The van der Waals surface area contributed by atoms with Crippen molar-refractivity contribution in [2.45, 2.75) is 168 Å². The molecule has 1 saturated carbocycles. The Morgan fingerprint density at radius 1 is 0.677 bits per heavy atom. The van der Waals surface area contributed by atoms with Gasteiger partial charge in [-0.15, -0.1) is 0 Å². The highest BCUT2D eigenvalue weighted by Crippen LogP contribution is 2.31. The first-order valence-corrected chi connectivity index (χ1v) is 14.4. The average Bonchev–Trinajstić information content (AvgIpc) is 2.77. The summed E-state index contributed by atoms with van der Waals surface area (Å²) < 4.78 is 0. The van der Waals surface area contributed by atoms with Crippen LogP contribution in [0.3, 0.4) is 0 Å². The number of isocyanates is 1. The van der Waals surface area contributed by atoms with Gasteiger partial charge in [0, 0.05) is 0 Å². The molecule has 0 amide bonds. The summed E-state index contributed by atoms with van der Waals surface area (Å²) in [6.45, 7) is 4.58. The predicted molar refractivity (Wildman–Crippen MR) is 136 cm³/mol. The molecular weight excluding hydrogens is 378 g/mol. The Morgan fingerprint density at radius 3 is 1.94 bits per heavy atom. The molecule has 1 rings (SSSR count). The molecule has 0 saturated heterocycles. The number of carbonyl (C=O) groups excluding carboxylic acids is 1. The Bertz CT molecular complexity index is 426. The van der Waals surface area contributed by atoms with Crippen LogP contribution in [0.1, 0.15) is 162 Å². The molecule has 0 radical (unpaired) electrons. The van der Waals surface area contributed by atoms with Crippen LogP contribution < -0.4 is 0 Å². The maximum Gasteiger partial charge on any atom is 0.235 e. The van der Waals surface area contributed by atoms with E-state index in [0.717, 1.165) is 12.3 Å². The van der Waals surface area contributed by atoms with Crippen LogP contribution >= 0.6 is 0 Å². The van der Waals surface area contributed by atoms with Gasteiger partial charge in [0.25, 0.3) is 0 Å². The van der Waals surface area contributed by atoms with Gasteiger partial charge in [-0.25, -0.2) is 9.79 Å². The quantitative estimate of drug-likeness (QED) is 0.143. The van der Waals surface area contributed by atoms with Gasteiger partial charge in [0.05, 0.1) is 6.04 Å². The molecule has 0 heterocycles. The summed E-state index contributed by atoms with van der Waals surface area (Å²) in [4.78, 5) is 15.6. The number of rotatable bonds is 15. The van der Waals surface area contributed by atoms with E-state index in [1.807, 2.05) is 6.08 Å². The molecule has 31 heavy (non-hydrogen) atoms.